The summed E-state index contributed by atoms with van der Waals surface area (Å²) in [6.07, 6.45) is 6.06. The van der Waals surface area contributed by atoms with Gasteiger partial charge in [0.15, 0.2) is 24.5 Å². The van der Waals surface area contributed by atoms with Gasteiger partial charge in [0.2, 0.25) is 0 Å². The molecule has 48 heavy (non-hydrogen) atoms. The number of benzene rings is 1. The summed E-state index contributed by atoms with van der Waals surface area (Å²) >= 11 is 0. The van der Waals surface area contributed by atoms with Gasteiger partial charge < -0.3 is 15.3 Å². The van der Waals surface area contributed by atoms with Crippen molar-refractivity contribution in [2.45, 2.75) is 13.8 Å². The molecule has 0 unspecified atom stereocenters. The molecule has 0 fully saturated rings. The van der Waals surface area contributed by atoms with E-state index >= 15 is 0 Å². The number of anilines is 1. The molecule has 1 aliphatic carbocycles. The van der Waals surface area contributed by atoms with Crippen LogP contribution in [0.15, 0.2) is 101 Å². The summed E-state index contributed by atoms with van der Waals surface area (Å²) in [6.45, 7) is 3.14. The normalized spacial score (nSPS) is 12.6. The van der Waals surface area contributed by atoms with Gasteiger partial charge in [-0.25, -0.2) is 29.5 Å². The number of allylic oxidation sites excluding steroid dienone is 2. The zero-order valence-corrected chi connectivity index (χ0v) is 26.2. The van der Waals surface area contributed by atoms with E-state index in [1.54, 1.807) is 62.6 Å². The third-order valence-corrected chi connectivity index (χ3v) is 6.74. The van der Waals surface area contributed by atoms with Crippen molar-refractivity contribution in [3.8, 4) is 5.75 Å². The Balaban J connectivity index is 0.000000212. The quantitative estimate of drug-likeness (QED) is 0.101. The predicted octanol–water partition coefficient (Wildman–Crippen LogP) is 5.36. The molecule has 2 N–H and O–H groups in total. The Hall–Kier alpha value is -6.34. The fourth-order valence-electron chi connectivity index (χ4n) is 4.42. The van der Waals surface area contributed by atoms with E-state index in [0.717, 1.165) is 0 Å². The van der Waals surface area contributed by atoms with Gasteiger partial charge in [0.1, 0.15) is 17.1 Å². The van der Waals surface area contributed by atoms with Gasteiger partial charge in [-0.3, -0.25) is 4.79 Å². The fraction of sp³-hybridized carbons (Fsp3) is 0.0606. The summed E-state index contributed by atoms with van der Waals surface area (Å²) in [5.41, 5.74) is 2.25. The first-order valence-corrected chi connectivity index (χ1v) is 13.8. The number of carboxylic acid groups (broad SMARTS) is 2. The van der Waals surface area contributed by atoms with Crippen molar-refractivity contribution in [1.29, 1.82) is 0 Å². The molecule has 1 aliphatic rings. The Labute approximate surface area is 283 Å². The van der Waals surface area contributed by atoms with Gasteiger partial charge in [-0.1, -0.05) is 29.0 Å². The zero-order valence-electron chi connectivity index (χ0n) is 25.2. The first kappa shape index (κ1) is 34.5. The molecule has 0 atom stereocenters. The maximum Gasteiger partial charge on any atom is 0.337 e. The largest absolute Gasteiger partial charge is 0.872 e. The van der Waals surface area contributed by atoms with Crippen LogP contribution in [0.3, 0.4) is 0 Å². The summed E-state index contributed by atoms with van der Waals surface area (Å²) in [7, 11) is 3.81. The third kappa shape index (κ3) is 7.54. The Bertz CT molecular complexity index is 2120. The molecule has 0 spiro atoms. The molecule has 4 heterocycles. The molecule has 15 heteroatoms. The minimum Gasteiger partial charge on any atom is -0.872 e. The van der Waals surface area contributed by atoms with Crippen molar-refractivity contribution in [1.82, 2.24) is 19.9 Å². The van der Waals surface area contributed by atoms with Gasteiger partial charge >= 0.3 is 11.9 Å². The number of pyridine rings is 4. The summed E-state index contributed by atoms with van der Waals surface area (Å²) in [5.74, 6) is -1.94. The van der Waals surface area contributed by atoms with Crippen LogP contribution in [-0.4, -0.2) is 53.6 Å². The number of carboxylic acids is 2. The Morgan fingerprint density at radius 2 is 1.52 bits per heavy atom. The Morgan fingerprint density at radius 1 is 0.854 bits per heavy atom. The van der Waals surface area contributed by atoms with Crippen LogP contribution in [0, 0.1) is 20.9 Å². The van der Waals surface area contributed by atoms with Crippen LogP contribution >= 0.6 is 0 Å². The summed E-state index contributed by atoms with van der Waals surface area (Å²) in [4.78, 5) is 51.1. The molecule has 5 aromatic rings. The number of rotatable bonds is 6. The molecule has 0 radical (unpaired) electrons. The standard InChI is InChI=1S/C17H12N4O3.C16H12N4O3.Ni/c1-10-11(17(23)24)9-12-14(22)7-6-13(16(12)19-10)20-21(2)15-5-3-4-8-18-15;1-9-10(16(22)23)8-11-13(21)6-5-12(15(11)18-9)19-20-14-4-2-3-7-17-14;/h3-9H,2H2,1H3;2-8,21H,1H3,(H,22,23);/b20-13-;;. The van der Waals surface area contributed by atoms with Crippen molar-refractivity contribution in [3.05, 3.63) is 126 Å². The third-order valence-electron chi connectivity index (χ3n) is 6.74. The average Bonchev–Trinajstić information content (AvgIpc) is 3.06. The number of aromatic carboxylic acids is 2. The number of azo groups is 1. The number of fused-ring (bicyclic) bond motifs is 2. The molecule has 4 aromatic heterocycles. The second kappa shape index (κ2) is 14.8. The predicted molar refractivity (Wildman–Crippen MR) is 169 cm³/mol. The van der Waals surface area contributed by atoms with Gasteiger partial charge in [0.25, 0.3) is 0 Å². The minimum absolute atomic E-state index is 0. The molecular formula is C33H24N8NiO6. The van der Waals surface area contributed by atoms with E-state index in [2.05, 4.69) is 42.3 Å². The molecule has 0 saturated carbocycles. The second-order valence-corrected chi connectivity index (χ2v) is 9.89. The number of aromatic nitrogens is 4. The van der Waals surface area contributed by atoms with E-state index in [9.17, 15) is 24.6 Å². The van der Waals surface area contributed by atoms with Gasteiger partial charge in [-0.2, -0.15) is 0 Å². The summed E-state index contributed by atoms with van der Waals surface area (Å²) in [6, 6.07) is 16.0. The average molecular weight is 687 g/mol. The fourth-order valence-corrected chi connectivity index (χ4v) is 4.42. The van der Waals surface area contributed by atoms with Gasteiger partial charge in [-0.15, -0.1) is 15.3 Å². The first-order chi connectivity index (χ1) is 22.5. The summed E-state index contributed by atoms with van der Waals surface area (Å²) in [5, 5.41) is 44.2. The van der Waals surface area contributed by atoms with Crippen molar-refractivity contribution in [3.63, 3.8) is 0 Å². The monoisotopic (exact) mass is 686 g/mol. The Morgan fingerprint density at radius 3 is 2.17 bits per heavy atom. The molecule has 0 amide bonds. The van der Waals surface area contributed by atoms with Crippen LogP contribution < -0.4 is 10.1 Å². The first-order valence-electron chi connectivity index (χ1n) is 13.8. The van der Waals surface area contributed by atoms with Crippen LogP contribution in [0.1, 0.15) is 48.2 Å². The van der Waals surface area contributed by atoms with Crippen LogP contribution in [0.2, 0.25) is 0 Å². The van der Waals surface area contributed by atoms with Crippen molar-refractivity contribution in [2.75, 3.05) is 5.01 Å². The molecule has 0 aliphatic heterocycles. The van der Waals surface area contributed by atoms with Crippen molar-refractivity contribution in [2.24, 2.45) is 15.3 Å². The van der Waals surface area contributed by atoms with Gasteiger partial charge in [0.05, 0.1) is 33.6 Å². The molecular weight excluding hydrogens is 663 g/mol. The van der Waals surface area contributed by atoms with Crippen LogP contribution in [0.25, 0.3) is 10.9 Å². The van der Waals surface area contributed by atoms with E-state index < -0.39 is 11.9 Å². The topological polar surface area (TPSA) is 207 Å². The van der Waals surface area contributed by atoms with Crippen molar-refractivity contribution >= 4 is 51.7 Å². The van der Waals surface area contributed by atoms with Crippen molar-refractivity contribution < 1.29 is 46.2 Å². The number of ketones is 1. The molecule has 0 saturated heterocycles. The van der Waals surface area contributed by atoms with Gasteiger partial charge in [0, 0.05) is 28.9 Å². The number of hydrogen-bond acceptors (Lipinski definition) is 12. The van der Waals surface area contributed by atoms with Gasteiger partial charge in [-0.05, 0) is 73.9 Å². The van der Waals surface area contributed by atoms with Crippen LogP contribution in [-0.2, 0) is 16.5 Å². The minimum atomic E-state index is -1.13. The maximum absolute atomic E-state index is 12.1. The van der Waals surface area contributed by atoms with E-state index in [-0.39, 0.29) is 50.1 Å². The van der Waals surface area contributed by atoms with Crippen LogP contribution in [0.5, 0.6) is 5.75 Å². The number of hydrazone groups is 1. The van der Waals surface area contributed by atoms with E-state index in [4.69, 9.17) is 5.11 Å². The van der Waals surface area contributed by atoms with Crippen LogP contribution in [0.4, 0.5) is 17.3 Å². The molecule has 6 rings (SSSR count). The second-order valence-electron chi connectivity index (χ2n) is 9.89. The number of carbonyl (C=O) groups is 3. The SMILES string of the molecule is Cc1nc2c(N=Nc3ccccn3)ccc([O-])c2cc1C(=O)O.[CH2+]N(/N=C1/C=CC(=O)c2cc(C(=O)O)c(C)nc21)c1ccccn1.[Ni]. The maximum atomic E-state index is 12.1. The number of hydrogen-bond donors (Lipinski definition) is 2. The number of nitrogens with zero attached hydrogens (tertiary/aromatic N) is 8. The Kier molecular flexibility index (Phi) is 10.7. The smallest absolute Gasteiger partial charge is 0.337 e. The molecule has 14 nitrogen and oxygen atoms in total. The number of aryl methyl sites for hydroxylation is 2. The van der Waals surface area contributed by atoms with E-state index in [1.165, 1.54) is 41.4 Å². The zero-order chi connectivity index (χ0) is 33.7. The summed E-state index contributed by atoms with van der Waals surface area (Å²) < 4.78 is 0. The van der Waals surface area contributed by atoms with E-state index in [1.807, 2.05) is 0 Å². The number of carbonyl (C=O) groups excluding carboxylic acids is 1. The molecule has 0 bridgehead atoms. The van der Waals surface area contributed by atoms with E-state index in [0.29, 0.717) is 45.6 Å². The molecule has 242 valence electrons. The molecule has 1 aromatic carbocycles.